The smallest absolute Gasteiger partial charge is 0.344 e. The van der Waals surface area contributed by atoms with Gasteiger partial charge in [-0.25, -0.2) is 14.5 Å². The Bertz CT molecular complexity index is 1140. The number of nitrogens with one attached hydrogen (secondary N) is 1. The van der Waals surface area contributed by atoms with Crippen molar-refractivity contribution in [2.45, 2.75) is 13.8 Å². The van der Waals surface area contributed by atoms with Crippen LogP contribution in [0, 0.1) is 6.92 Å². The lowest BCUT2D eigenvalue weighted by molar-refractivity contribution is -0.145. The summed E-state index contributed by atoms with van der Waals surface area (Å²) in [6, 6.07) is 9.00. The predicted octanol–water partition coefficient (Wildman–Crippen LogP) is 3.37. The zero-order chi connectivity index (χ0) is 24.1. The van der Waals surface area contributed by atoms with Crippen molar-refractivity contribution < 1.29 is 33.4 Å². The maximum Gasteiger partial charge on any atom is 0.344 e. The van der Waals surface area contributed by atoms with Crippen molar-refractivity contribution in [2.75, 3.05) is 25.2 Å². The average molecular weight is 517 g/mol. The molecule has 0 aliphatic carbocycles. The lowest BCUT2D eigenvalue weighted by Gasteiger charge is -2.26. The Balaban J connectivity index is 1.94. The summed E-state index contributed by atoms with van der Waals surface area (Å²) in [5, 5.41) is 2.18. The van der Waals surface area contributed by atoms with E-state index < -0.39 is 23.8 Å². The predicted molar refractivity (Wildman–Crippen MR) is 123 cm³/mol. The van der Waals surface area contributed by atoms with Crippen LogP contribution in [0.4, 0.5) is 10.5 Å². The van der Waals surface area contributed by atoms with Crippen molar-refractivity contribution in [3.63, 3.8) is 0 Å². The highest BCUT2D eigenvalue weighted by atomic mass is 79.9. The van der Waals surface area contributed by atoms with E-state index in [0.29, 0.717) is 15.7 Å². The van der Waals surface area contributed by atoms with Crippen molar-refractivity contribution in [1.82, 2.24) is 5.32 Å². The molecule has 0 unspecified atom stereocenters. The zero-order valence-corrected chi connectivity index (χ0v) is 19.7. The summed E-state index contributed by atoms with van der Waals surface area (Å²) in [7, 11) is 1.41. The zero-order valence-electron chi connectivity index (χ0n) is 18.1. The van der Waals surface area contributed by atoms with Gasteiger partial charge in [0.05, 0.1) is 19.4 Å². The van der Waals surface area contributed by atoms with Gasteiger partial charge < -0.3 is 14.2 Å². The second-order valence-electron chi connectivity index (χ2n) is 6.91. The first-order valence-corrected chi connectivity index (χ1v) is 10.7. The summed E-state index contributed by atoms with van der Waals surface area (Å²) in [6.45, 7) is 3.48. The normalized spacial score (nSPS) is 14.8. The van der Waals surface area contributed by atoms with Gasteiger partial charge in [0, 0.05) is 4.47 Å². The largest absolute Gasteiger partial charge is 0.493 e. The minimum Gasteiger partial charge on any atom is -0.493 e. The van der Waals surface area contributed by atoms with E-state index in [9.17, 15) is 19.2 Å². The van der Waals surface area contributed by atoms with E-state index >= 15 is 0 Å². The molecule has 0 radical (unpaired) electrons. The first-order chi connectivity index (χ1) is 15.7. The fourth-order valence-electron chi connectivity index (χ4n) is 3.01. The number of hydrogen-bond acceptors (Lipinski definition) is 7. The molecule has 0 aromatic heterocycles. The number of nitrogens with zero attached hydrogens (tertiary/aromatic N) is 1. The summed E-state index contributed by atoms with van der Waals surface area (Å²) < 4.78 is 16.1. The van der Waals surface area contributed by atoms with Crippen LogP contribution in [-0.4, -0.2) is 44.1 Å². The summed E-state index contributed by atoms with van der Waals surface area (Å²) in [5.41, 5.74) is 1.47. The van der Waals surface area contributed by atoms with Crippen molar-refractivity contribution in [1.29, 1.82) is 0 Å². The molecule has 172 valence electrons. The minimum atomic E-state index is -0.828. The number of carbonyl (C=O) groups is 4. The van der Waals surface area contributed by atoms with Gasteiger partial charge in [-0.2, -0.15) is 0 Å². The number of ether oxygens (including phenoxy) is 3. The molecule has 0 spiro atoms. The van der Waals surface area contributed by atoms with Crippen LogP contribution in [0.5, 0.6) is 11.5 Å². The number of esters is 1. The first kappa shape index (κ1) is 24.0. The first-order valence-electron chi connectivity index (χ1n) is 9.89. The van der Waals surface area contributed by atoms with Gasteiger partial charge in [0.25, 0.3) is 11.8 Å². The van der Waals surface area contributed by atoms with Crippen LogP contribution in [0.25, 0.3) is 6.08 Å². The van der Waals surface area contributed by atoms with Crippen LogP contribution in [0.1, 0.15) is 18.1 Å². The van der Waals surface area contributed by atoms with Gasteiger partial charge in [-0.05, 0) is 49.8 Å². The molecule has 2 aromatic rings. The van der Waals surface area contributed by atoms with Gasteiger partial charge in [0.2, 0.25) is 0 Å². The molecule has 0 bridgehead atoms. The highest BCUT2D eigenvalue weighted by Crippen LogP contribution is 2.35. The Morgan fingerprint density at radius 3 is 2.45 bits per heavy atom. The molecule has 1 aliphatic heterocycles. The fraction of sp³-hybridized carbons (Fsp3) is 0.217. The van der Waals surface area contributed by atoms with Crippen molar-refractivity contribution in [3.8, 4) is 11.5 Å². The second kappa shape index (κ2) is 10.3. The number of anilines is 1. The van der Waals surface area contributed by atoms with Crippen LogP contribution in [-0.2, 0) is 19.1 Å². The molecule has 0 saturated carbocycles. The summed E-state index contributed by atoms with van der Waals surface area (Å²) >= 11 is 3.37. The lowest BCUT2D eigenvalue weighted by Crippen LogP contribution is -2.54. The number of rotatable bonds is 7. The van der Waals surface area contributed by atoms with Gasteiger partial charge in [0.1, 0.15) is 5.57 Å². The number of carbonyl (C=O) groups excluding carboxylic acids is 4. The van der Waals surface area contributed by atoms with Crippen LogP contribution in [0.3, 0.4) is 0 Å². The fourth-order valence-corrected chi connectivity index (χ4v) is 3.45. The van der Waals surface area contributed by atoms with E-state index in [-0.39, 0.29) is 30.3 Å². The third kappa shape index (κ3) is 5.40. The van der Waals surface area contributed by atoms with E-state index in [4.69, 9.17) is 14.2 Å². The standard InChI is InChI=1S/C23H21BrN2O7/c1-4-32-20(27)12-33-19-11-17(24)14(10-18(19)31-3)9-16-21(28)25-23(30)26(22(16)29)15-7-5-13(2)6-8-15/h5-11H,4,12H2,1-3H3,(H,25,28,30). The third-order valence-corrected chi connectivity index (χ3v) is 5.31. The van der Waals surface area contributed by atoms with E-state index in [2.05, 4.69) is 21.2 Å². The molecule has 0 atom stereocenters. The Hall–Kier alpha value is -3.66. The highest BCUT2D eigenvalue weighted by Gasteiger charge is 2.37. The topological polar surface area (TPSA) is 111 Å². The molecule has 10 heteroatoms. The maximum absolute atomic E-state index is 13.1. The van der Waals surface area contributed by atoms with E-state index in [0.717, 1.165) is 10.5 Å². The lowest BCUT2D eigenvalue weighted by atomic mass is 10.1. The molecular weight excluding hydrogens is 496 g/mol. The minimum absolute atomic E-state index is 0.230. The maximum atomic E-state index is 13.1. The molecule has 1 heterocycles. The van der Waals surface area contributed by atoms with E-state index in [1.54, 1.807) is 37.3 Å². The quantitative estimate of drug-likeness (QED) is 0.341. The number of methoxy groups -OCH3 is 1. The number of aryl methyl sites for hydroxylation is 1. The monoisotopic (exact) mass is 516 g/mol. The van der Waals surface area contributed by atoms with Crippen LogP contribution >= 0.6 is 15.9 Å². The molecular formula is C23H21BrN2O7. The number of amides is 4. The number of halogens is 1. The number of imide groups is 2. The van der Waals surface area contributed by atoms with Crippen molar-refractivity contribution >= 4 is 51.5 Å². The number of barbiturate groups is 1. The Kier molecular flexibility index (Phi) is 7.49. The second-order valence-corrected chi connectivity index (χ2v) is 7.77. The molecule has 1 aliphatic rings. The van der Waals surface area contributed by atoms with Gasteiger partial charge in [0.15, 0.2) is 18.1 Å². The van der Waals surface area contributed by atoms with Crippen LogP contribution in [0.2, 0.25) is 0 Å². The molecule has 33 heavy (non-hydrogen) atoms. The van der Waals surface area contributed by atoms with Gasteiger partial charge in [-0.15, -0.1) is 0 Å². The molecule has 2 aromatic carbocycles. The molecule has 1 saturated heterocycles. The summed E-state index contributed by atoms with van der Waals surface area (Å²) in [6.07, 6.45) is 1.34. The Labute approximate surface area is 198 Å². The number of urea groups is 1. The molecule has 3 rings (SSSR count). The van der Waals surface area contributed by atoms with Crippen LogP contribution < -0.4 is 19.7 Å². The molecule has 9 nitrogen and oxygen atoms in total. The van der Waals surface area contributed by atoms with Gasteiger partial charge in [-0.3, -0.25) is 14.9 Å². The number of hydrogen-bond donors (Lipinski definition) is 1. The third-order valence-electron chi connectivity index (χ3n) is 4.63. The highest BCUT2D eigenvalue weighted by molar-refractivity contribution is 9.10. The summed E-state index contributed by atoms with van der Waals surface area (Å²) in [5.74, 6) is -1.59. The van der Waals surface area contributed by atoms with E-state index in [1.165, 1.54) is 19.3 Å². The average Bonchev–Trinajstić information content (AvgIpc) is 2.77. The van der Waals surface area contributed by atoms with Crippen molar-refractivity contribution in [2.24, 2.45) is 0 Å². The van der Waals surface area contributed by atoms with Gasteiger partial charge >= 0.3 is 12.0 Å². The Morgan fingerprint density at radius 1 is 1.12 bits per heavy atom. The SMILES string of the molecule is CCOC(=O)COc1cc(Br)c(C=C2C(=O)NC(=O)N(c3ccc(C)cc3)C2=O)cc1OC. The Morgan fingerprint density at radius 2 is 1.82 bits per heavy atom. The molecule has 1 fully saturated rings. The van der Waals surface area contributed by atoms with E-state index in [1.807, 2.05) is 6.92 Å². The van der Waals surface area contributed by atoms with Crippen molar-refractivity contribution in [3.05, 3.63) is 57.6 Å². The summed E-state index contributed by atoms with van der Waals surface area (Å²) in [4.78, 5) is 50.3. The number of benzene rings is 2. The molecule has 1 N–H and O–H groups in total. The van der Waals surface area contributed by atoms with Gasteiger partial charge in [-0.1, -0.05) is 33.6 Å². The molecule has 4 amide bonds. The van der Waals surface area contributed by atoms with Crippen LogP contribution in [0.15, 0.2) is 46.4 Å².